The SMILES string of the molecule is CCNC(=NCc1ccc(CN2CCCC2)cc1)NCc1cc(C#N)ccc1F. The maximum absolute atomic E-state index is 14.0. The predicted octanol–water partition coefficient (Wildman–Crippen LogP) is 3.55. The molecule has 1 saturated heterocycles. The summed E-state index contributed by atoms with van der Waals surface area (Å²) in [6.45, 7) is 6.91. The van der Waals surface area contributed by atoms with Gasteiger partial charge in [0.05, 0.1) is 18.2 Å². The van der Waals surface area contributed by atoms with Gasteiger partial charge in [0.25, 0.3) is 0 Å². The molecule has 0 amide bonds. The van der Waals surface area contributed by atoms with Gasteiger partial charge in [-0.1, -0.05) is 24.3 Å². The smallest absolute Gasteiger partial charge is 0.191 e. The maximum Gasteiger partial charge on any atom is 0.191 e. The molecule has 0 atom stereocenters. The third-order valence-corrected chi connectivity index (χ3v) is 5.01. The van der Waals surface area contributed by atoms with Crippen molar-refractivity contribution in [2.45, 2.75) is 39.4 Å². The number of hydrogen-bond acceptors (Lipinski definition) is 3. The molecule has 1 heterocycles. The predicted molar refractivity (Wildman–Crippen MR) is 114 cm³/mol. The average Bonchev–Trinajstić information content (AvgIpc) is 3.25. The summed E-state index contributed by atoms with van der Waals surface area (Å²) in [5.41, 5.74) is 3.35. The minimum absolute atomic E-state index is 0.266. The fourth-order valence-corrected chi connectivity index (χ4v) is 3.42. The molecule has 152 valence electrons. The highest BCUT2D eigenvalue weighted by atomic mass is 19.1. The van der Waals surface area contributed by atoms with Gasteiger partial charge < -0.3 is 10.6 Å². The molecule has 0 aromatic heterocycles. The number of nitrogens with one attached hydrogen (secondary N) is 2. The third-order valence-electron chi connectivity index (χ3n) is 5.01. The van der Waals surface area contributed by atoms with E-state index in [-0.39, 0.29) is 12.4 Å². The first-order valence-corrected chi connectivity index (χ1v) is 10.2. The summed E-state index contributed by atoms with van der Waals surface area (Å²) in [6, 6.07) is 15.0. The van der Waals surface area contributed by atoms with Crippen LogP contribution in [0.1, 0.15) is 42.0 Å². The van der Waals surface area contributed by atoms with Gasteiger partial charge in [0.2, 0.25) is 0 Å². The highest BCUT2D eigenvalue weighted by Gasteiger charge is 2.11. The van der Waals surface area contributed by atoms with E-state index in [0.29, 0.717) is 30.2 Å². The zero-order valence-corrected chi connectivity index (χ0v) is 16.9. The molecule has 1 fully saturated rings. The van der Waals surface area contributed by atoms with E-state index in [2.05, 4.69) is 44.8 Å². The van der Waals surface area contributed by atoms with E-state index in [1.165, 1.54) is 43.6 Å². The highest BCUT2D eigenvalue weighted by Crippen LogP contribution is 2.14. The van der Waals surface area contributed by atoms with E-state index in [0.717, 1.165) is 12.1 Å². The molecule has 3 rings (SSSR count). The number of halogens is 1. The van der Waals surface area contributed by atoms with Crippen molar-refractivity contribution in [2.75, 3.05) is 19.6 Å². The van der Waals surface area contributed by atoms with Gasteiger partial charge in [-0.05, 0) is 62.2 Å². The monoisotopic (exact) mass is 393 g/mol. The summed E-state index contributed by atoms with van der Waals surface area (Å²) in [7, 11) is 0. The fraction of sp³-hybridized carbons (Fsp3) is 0.391. The van der Waals surface area contributed by atoms with Gasteiger partial charge in [-0.25, -0.2) is 9.38 Å². The Bertz CT molecular complexity index is 864. The summed E-state index contributed by atoms with van der Waals surface area (Å²) in [6.07, 6.45) is 2.61. The molecule has 1 aliphatic heterocycles. The summed E-state index contributed by atoms with van der Waals surface area (Å²) in [4.78, 5) is 7.09. The van der Waals surface area contributed by atoms with Crippen LogP contribution in [-0.4, -0.2) is 30.5 Å². The van der Waals surface area contributed by atoms with Gasteiger partial charge in [-0.15, -0.1) is 0 Å². The minimum atomic E-state index is -0.332. The number of guanidine groups is 1. The zero-order chi connectivity index (χ0) is 20.5. The van der Waals surface area contributed by atoms with Crippen LogP contribution in [0.3, 0.4) is 0 Å². The van der Waals surface area contributed by atoms with Crippen LogP contribution >= 0.6 is 0 Å². The molecule has 29 heavy (non-hydrogen) atoms. The number of aliphatic imine (C=N–C) groups is 1. The summed E-state index contributed by atoms with van der Waals surface area (Å²) >= 11 is 0. The number of nitrogens with zero attached hydrogens (tertiary/aromatic N) is 3. The molecule has 2 aromatic carbocycles. The lowest BCUT2D eigenvalue weighted by Crippen LogP contribution is -2.37. The Morgan fingerprint density at radius 2 is 1.83 bits per heavy atom. The molecule has 0 bridgehead atoms. The topological polar surface area (TPSA) is 63.5 Å². The molecular weight excluding hydrogens is 365 g/mol. The van der Waals surface area contributed by atoms with Crippen LogP contribution in [0, 0.1) is 17.1 Å². The van der Waals surface area contributed by atoms with Crippen molar-refractivity contribution in [1.82, 2.24) is 15.5 Å². The second-order valence-corrected chi connectivity index (χ2v) is 7.27. The second kappa shape index (κ2) is 10.6. The van der Waals surface area contributed by atoms with Crippen LogP contribution in [0.25, 0.3) is 0 Å². The molecule has 0 spiro atoms. The van der Waals surface area contributed by atoms with Gasteiger partial charge >= 0.3 is 0 Å². The Balaban J connectivity index is 1.58. The van der Waals surface area contributed by atoms with Crippen molar-refractivity contribution in [3.05, 3.63) is 70.5 Å². The minimum Gasteiger partial charge on any atom is -0.357 e. The van der Waals surface area contributed by atoms with Crippen molar-refractivity contribution in [1.29, 1.82) is 5.26 Å². The molecular formula is C23H28FN5. The van der Waals surface area contributed by atoms with Crippen LogP contribution in [0.5, 0.6) is 0 Å². The fourth-order valence-electron chi connectivity index (χ4n) is 3.42. The van der Waals surface area contributed by atoms with Crippen LogP contribution < -0.4 is 10.6 Å². The molecule has 0 unspecified atom stereocenters. The van der Waals surface area contributed by atoms with Crippen molar-refractivity contribution in [3.8, 4) is 6.07 Å². The number of nitriles is 1. The summed E-state index contributed by atoms with van der Waals surface area (Å²) in [5.74, 6) is 0.288. The van der Waals surface area contributed by atoms with E-state index in [9.17, 15) is 4.39 Å². The summed E-state index contributed by atoms with van der Waals surface area (Å²) < 4.78 is 14.0. The molecule has 6 heteroatoms. The van der Waals surface area contributed by atoms with Gasteiger partial charge in [0.15, 0.2) is 5.96 Å². The highest BCUT2D eigenvalue weighted by molar-refractivity contribution is 5.79. The Morgan fingerprint density at radius 3 is 2.52 bits per heavy atom. The Kier molecular flexibility index (Phi) is 7.60. The lowest BCUT2D eigenvalue weighted by molar-refractivity contribution is 0.331. The van der Waals surface area contributed by atoms with Gasteiger partial charge in [-0.3, -0.25) is 4.90 Å². The van der Waals surface area contributed by atoms with Gasteiger partial charge in [-0.2, -0.15) is 5.26 Å². The van der Waals surface area contributed by atoms with E-state index in [4.69, 9.17) is 5.26 Å². The first kappa shape index (κ1) is 20.8. The normalized spacial score (nSPS) is 14.6. The van der Waals surface area contributed by atoms with Crippen molar-refractivity contribution >= 4 is 5.96 Å². The van der Waals surface area contributed by atoms with Crippen LogP contribution in [-0.2, 0) is 19.6 Å². The van der Waals surface area contributed by atoms with Crippen LogP contribution in [0.4, 0.5) is 4.39 Å². The van der Waals surface area contributed by atoms with E-state index in [1.807, 2.05) is 13.0 Å². The lowest BCUT2D eigenvalue weighted by atomic mass is 10.1. The number of benzene rings is 2. The van der Waals surface area contributed by atoms with Crippen LogP contribution in [0.2, 0.25) is 0 Å². The first-order chi connectivity index (χ1) is 14.2. The molecule has 0 saturated carbocycles. The Hall–Kier alpha value is -2.91. The van der Waals surface area contributed by atoms with Crippen molar-refractivity contribution in [3.63, 3.8) is 0 Å². The Morgan fingerprint density at radius 1 is 1.10 bits per heavy atom. The zero-order valence-electron chi connectivity index (χ0n) is 16.9. The number of likely N-dealkylation sites (tertiary alicyclic amines) is 1. The van der Waals surface area contributed by atoms with Crippen molar-refractivity contribution in [2.24, 2.45) is 4.99 Å². The molecule has 0 aliphatic carbocycles. The molecule has 2 aromatic rings. The molecule has 2 N–H and O–H groups in total. The first-order valence-electron chi connectivity index (χ1n) is 10.2. The lowest BCUT2D eigenvalue weighted by Gasteiger charge is -2.14. The average molecular weight is 394 g/mol. The Labute approximate surface area is 172 Å². The summed E-state index contributed by atoms with van der Waals surface area (Å²) in [5, 5.41) is 15.3. The number of rotatable bonds is 7. The second-order valence-electron chi connectivity index (χ2n) is 7.27. The number of hydrogen-bond donors (Lipinski definition) is 2. The third kappa shape index (κ3) is 6.30. The van der Waals surface area contributed by atoms with E-state index < -0.39 is 0 Å². The van der Waals surface area contributed by atoms with Crippen LogP contribution in [0.15, 0.2) is 47.5 Å². The largest absolute Gasteiger partial charge is 0.357 e. The van der Waals surface area contributed by atoms with Crippen molar-refractivity contribution < 1.29 is 4.39 Å². The van der Waals surface area contributed by atoms with Gasteiger partial charge in [0, 0.05) is 25.2 Å². The maximum atomic E-state index is 14.0. The van der Waals surface area contributed by atoms with E-state index >= 15 is 0 Å². The standard InChI is InChI=1S/C23H28FN5/c1-2-26-23(28-16-21-13-20(14-25)9-10-22(21)24)27-15-18-5-7-19(8-6-18)17-29-11-3-4-12-29/h5-10,13H,2-4,11-12,15-17H2,1H3,(H2,26,27,28). The molecule has 5 nitrogen and oxygen atoms in total. The van der Waals surface area contributed by atoms with Gasteiger partial charge in [0.1, 0.15) is 5.82 Å². The van der Waals surface area contributed by atoms with E-state index in [1.54, 1.807) is 6.07 Å². The molecule has 0 radical (unpaired) electrons. The quantitative estimate of drug-likeness (QED) is 0.558. The molecule has 1 aliphatic rings.